The van der Waals surface area contributed by atoms with Gasteiger partial charge in [0.25, 0.3) is 11.5 Å². The lowest BCUT2D eigenvalue weighted by Gasteiger charge is -2.30. The van der Waals surface area contributed by atoms with E-state index in [2.05, 4.69) is 9.88 Å². The molecular weight excluding hydrogens is 328 g/mol. The topological polar surface area (TPSA) is 69.3 Å². The Balaban J connectivity index is 1.56. The number of fused-ring (bicyclic) bond motifs is 1. The van der Waals surface area contributed by atoms with Crippen molar-refractivity contribution in [3.63, 3.8) is 0 Å². The average molecular weight is 352 g/mol. The van der Waals surface area contributed by atoms with Crippen molar-refractivity contribution in [1.82, 2.24) is 14.9 Å². The fraction of sp³-hybridized carbons (Fsp3) is 0.450. The van der Waals surface area contributed by atoms with E-state index in [-0.39, 0.29) is 11.5 Å². The molecule has 136 valence electrons. The number of benzene rings is 1. The van der Waals surface area contributed by atoms with E-state index in [1.54, 1.807) is 4.90 Å². The standard InChI is InChI=1S/C20H24N4O2/c1-14-5-7-15(8-6-14)19(26)24-12-9-17-16(13-24)18(25)22-20(21-17)23-10-3-2-4-11-23/h5-8H,2-4,9-13H2,1H3,(H,21,22,25). The van der Waals surface area contributed by atoms with Crippen LogP contribution in [0.4, 0.5) is 5.95 Å². The highest BCUT2D eigenvalue weighted by molar-refractivity contribution is 5.94. The first-order valence-corrected chi connectivity index (χ1v) is 9.35. The molecular formula is C20H24N4O2. The van der Waals surface area contributed by atoms with E-state index >= 15 is 0 Å². The second-order valence-electron chi connectivity index (χ2n) is 7.21. The molecule has 1 amide bonds. The van der Waals surface area contributed by atoms with Crippen molar-refractivity contribution in [2.24, 2.45) is 0 Å². The molecule has 2 aliphatic heterocycles. The van der Waals surface area contributed by atoms with Gasteiger partial charge in [0, 0.05) is 31.6 Å². The van der Waals surface area contributed by atoms with Crippen LogP contribution in [0.2, 0.25) is 0 Å². The Morgan fingerprint density at radius 1 is 1.08 bits per heavy atom. The van der Waals surface area contributed by atoms with E-state index in [1.807, 2.05) is 31.2 Å². The van der Waals surface area contributed by atoms with Crippen molar-refractivity contribution >= 4 is 11.9 Å². The zero-order valence-corrected chi connectivity index (χ0v) is 15.1. The van der Waals surface area contributed by atoms with E-state index in [1.165, 1.54) is 6.42 Å². The Kier molecular flexibility index (Phi) is 4.49. The number of nitrogens with zero attached hydrogens (tertiary/aromatic N) is 3. The van der Waals surface area contributed by atoms with Gasteiger partial charge in [-0.3, -0.25) is 14.6 Å². The van der Waals surface area contributed by atoms with Crippen LogP contribution in [-0.2, 0) is 13.0 Å². The molecule has 0 saturated carbocycles. The third kappa shape index (κ3) is 3.23. The number of H-pyrrole nitrogens is 1. The van der Waals surface area contributed by atoms with Crippen molar-refractivity contribution in [3.05, 3.63) is 57.0 Å². The van der Waals surface area contributed by atoms with Gasteiger partial charge in [0.15, 0.2) is 0 Å². The summed E-state index contributed by atoms with van der Waals surface area (Å²) in [4.78, 5) is 36.9. The summed E-state index contributed by atoms with van der Waals surface area (Å²) in [5, 5.41) is 0. The summed E-state index contributed by atoms with van der Waals surface area (Å²) in [6.45, 7) is 4.80. The summed E-state index contributed by atoms with van der Waals surface area (Å²) < 4.78 is 0. The molecule has 0 atom stereocenters. The zero-order chi connectivity index (χ0) is 18.1. The maximum atomic E-state index is 12.7. The van der Waals surface area contributed by atoms with E-state index < -0.39 is 0 Å². The van der Waals surface area contributed by atoms with Crippen molar-refractivity contribution in [1.29, 1.82) is 0 Å². The fourth-order valence-electron chi connectivity index (χ4n) is 3.72. The monoisotopic (exact) mass is 352 g/mol. The molecule has 6 nitrogen and oxygen atoms in total. The minimum absolute atomic E-state index is 0.0323. The Morgan fingerprint density at radius 2 is 1.81 bits per heavy atom. The number of amides is 1. The Bertz CT molecular complexity index is 866. The quantitative estimate of drug-likeness (QED) is 0.900. The summed E-state index contributed by atoms with van der Waals surface area (Å²) in [6.07, 6.45) is 4.14. The maximum absolute atomic E-state index is 12.7. The van der Waals surface area contributed by atoms with Crippen LogP contribution in [0.1, 0.15) is 46.4 Å². The normalized spacial score (nSPS) is 17.1. The largest absolute Gasteiger partial charge is 0.342 e. The van der Waals surface area contributed by atoms with Crippen molar-refractivity contribution in [2.45, 2.75) is 39.2 Å². The first-order chi connectivity index (χ1) is 12.6. The van der Waals surface area contributed by atoms with Gasteiger partial charge in [0.1, 0.15) is 0 Å². The number of hydrogen-bond donors (Lipinski definition) is 1. The number of rotatable bonds is 2. The second-order valence-corrected chi connectivity index (χ2v) is 7.21. The van der Waals surface area contributed by atoms with Crippen molar-refractivity contribution in [2.75, 3.05) is 24.5 Å². The number of anilines is 1. The third-order valence-corrected chi connectivity index (χ3v) is 5.30. The minimum Gasteiger partial charge on any atom is -0.342 e. The molecule has 3 heterocycles. The molecule has 4 rings (SSSR count). The van der Waals surface area contributed by atoms with Crippen LogP contribution in [0.15, 0.2) is 29.1 Å². The second kappa shape index (κ2) is 6.94. The van der Waals surface area contributed by atoms with Gasteiger partial charge < -0.3 is 9.80 Å². The molecule has 1 aromatic carbocycles. The molecule has 2 aromatic rings. The van der Waals surface area contributed by atoms with Crippen LogP contribution in [0.3, 0.4) is 0 Å². The first kappa shape index (κ1) is 16.8. The number of carbonyl (C=O) groups excluding carboxylic acids is 1. The average Bonchev–Trinajstić information content (AvgIpc) is 2.68. The summed E-state index contributed by atoms with van der Waals surface area (Å²) in [5.74, 6) is 0.655. The number of aromatic nitrogens is 2. The van der Waals surface area contributed by atoms with Crippen LogP contribution in [0, 0.1) is 6.92 Å². The van der Waals surface area contributed by atoms with Crippen LogP contribution >= 0.6 is 0 Å². The van der Waals surface area contributed by atoms with Gasteiger partial charge in [-0.25, -0.2) is 4.98 Å². The van der Waals surface area contributed by atoms with E-state index in [4.69, 9.17) is 4.98 Å². The lowest BCUT2D eigenvalue weighted by molar-refractivity contribution is 0.0732. The fourth-order valence-corrected chi connectivity index (χ4v) is 3.72. The van der Waals surface area contributed by atoms with Gasteiger partial charge in [0.2, 0.25) is 5.95 Å². The Labute approximate surface area is 152 Å². The van der Waals surface area contributed by atoms with Crippen LogP contribution in [-0.4, -0.2) is 40.4 Å². The van der Waals surface area contributed by atoms with Crippen LogP contribution < -0.4 is 10.5 Å². The molecule has 26 heavy (non-hydrogen) atoms. The number of aromatic amines is 1. The number of hydrogen-bond acceptors (Lipinski definition) is 4. The van der Waals surface area contributed by atoms with Crippen LogP contribution in [0.25, 0.3) is 0 Å². The molecule has 0 bridgehead atoms. The first-order valence-electron chi connectivity index (χ1n) is 9.35. The number of piperidine rings is 1. The zero-order valence-electron chi connectivity index (χ0n) is 15.1. The molecule has 2 aliphatic rings. The van der Waals surface area contributed by atoms with Crippen LogP contribution in [0.5, 0.6) is 0 Å². The van der Waals surface area contributed by atoms with Gasteiger partial charge in [-0.1, -0.05) is 17.7 Å². The van der Waals surface area contributed by atoms with Crippen molar-refractivity contribution in [3.8, 4) is 0 Å². The van der Waals surface area contributed by atoms with E-state index in [0.29, 0.717) is 36.6 Å². The summed E-state index contributed by atoms with van der Waals surface area (Å²) in [7, 11) is 0. The predicted molar refractivity (Wildman–Crippen MR) is 101 cm³/mol. The summed E-state index contributed by atoms with van der Waals surface area (Å²) in [6, 6.07) is 7.55. The number of carbonyl (C=O) groups is 1. The molecule has 0 unspecified atom stereocenters. The molecule has 1 fully saturated rings. The molecule has 0 radical (unpaired) electrons. The van der Waals surface area contributed by atoms with Crippen molar-refractivity contribution < 1.29 is 4.79 Å². The Morgan fingerprint density at radius 3 is 2.54 bits per heavy atom. The predicted octanol–water partition coefficient (Wildman–Crippen LogP) is 2.27. The highest BCUT2D eigenvalue weighted by Crippen LogP contribution is 2.20. The van der Waals surface area contributed by atoms with Gasteiger partial charge in [-0.05, 0) is 38.3 Å². The van der Waals surface area contributed by atoms with Gasteiger partial charge in [-0.2, -0.15) is 0 Å². The third-order valence-electron chi connectivity index (χ3n) is 5.30. The number of aryl methyl sites for hydroxylation is 1. The highest BCUT2D eigenvalue weighted by atomic mass is 16.2. The van der Waals surface area contributed by atoms with Gasteiger partial charge in [-0.15, -0.1) is 0 Å². The molecule has 1 aromatic heterocycles. The lowest BCUT2D eigenvalue weighted by atomic mass is 10.0. The minimum atomic E-state index is -0.114. The smallest absolute Gasteiger partial charge is 0.257 e. The highest BCUT2D eigenvalue weighted by Gasteiger charge is 2.26. The molecule has 6 heteroatoms. The van der Waals surface area contributed by atoms with E-state index in [0.717, 1.165) is 37.2 Å². The summed E-state index contributed by atoms with van der Waals surface area (Å²) >= 11 is 0. The van der Waals surface area contributed by atoms with E-state index in [9.17, 15) is 9.59 Å². The summed E-state index contributed by atoms with van der Waals surface area (Å²) in [5.41, 5.74) is 3.13. The SMILES string of the molecule is Cc1ccc(C(=O)N2CCc3nc(N4CCCCC4)[nH]c(=O)c3C2)cc1. The molecule has 1 saturated heterocycles. The lowest BCUT2D eigenvalue weighted by Crippen LogP contribution is -2.41. The molecule has 0 spiro atoms. The number of nitrogens with one attached hydrogen (secondary N) is 1. The maximum Gasteiger partial charge on any atom is 0.257 e. The van der Waals surface area contributed by atoms with Gasteiger partial charge in [0.05, 0.1) is 17.8 Å². The molecule has 1 N–H and O–H groups in total. The van der Waals surface area contributed by atoms with Gasteiger partial charge >= 0.3 is 0 Å². The Hall–Kier alpha value is -2.63. The molecule has 0 aliphatic carbocycles.